The fourth-order valence-electron chi connectivity index (χ4n) is 3.13. The van der Waals surface area contributed by atoms with Gasteiger partial charge in [0.05, 0.1) is 32.2 Å². The predicted octanol–water partition coefficient (Wildman–Crippen LogP) is 2.52. The van der Waals surface area contributed by atoms with E-state index in [0.717, 1.165) is 29.6 Å². The SMILES string of the molecule is COc1cc2c(=O)c3c(n(C)c2c(OC)c1OC)C=CCC3. The molecule has 116 valence electrons. The highest BCUT2D eigenvalue weighted by atomic mass is 16.5. The number of pyridine rings is 1. The van der Waals surface area contributed by atoms with Crippen molar-refractivity contribution < 1.29 is 14.2 Å². The van der Waals surface area contributed by atoms with Gasteiger partial charge in [0.2, 0.25) is 5.75 Å². The van der Waals surface area contributed by atoms with E-state index in [2.05, 4.69) is 6.08 Å². The van der Waals surface area contributed by atoms with E-state index in [1.807, 2.05) is 17.7 Å². The Morgan fingerprint density at radius 2 is 1.82 bits per heavy atom. The van der Waals surface area contributed by atoms with Gasteiger partial charge in [-0.1, -0.05) is 6.08 Å². The van der Waals surface area contributed by atoms with Crippen molar-refractivity contribution in [3.8, 4) is 17.2 Å². The summed E-state index contributed by atoms with van der Waals surface area (Å²) in [6.45, 7) is 0. The number of rotatable bonds is 3. The minimum atomic E-state index is 0.0340. The molecule has 22 heavy (non-hydrogen) atoms. The summed E-state index contributed by atoms with van der Waals surface area (Å²) in [6.07, 6.45) is 5.72. The van der Waals surface area contributed by atoms with E-state index in [9.17, 15) is 4.79 Å². The van der Waals surface area contributed by atoms with Crippen LogP contribution in [0.2, 0.25) is 0 Å². The topological polar surface area (TPSA) is 49.7 Å². The van der Waals surface area contributed by atoms with Gasteiger partial charge in [0, 0.05) is 18.3 Å². The third kappa shape index (κ3) is 1.89. The molecular weight excluding hydrogens is 282 g/mol. The standard InChI is InChI=1S/C17H19NO4/c1-18-12-8-6-5-7-10(12)15(19)11-9-13(20-2)16(21-3)17(22-4)14(11)18/h6,8-9H,5,7H2,1-4H3. The Morgan fingerprint density at radius 1 is 1.09 bits per heavy atom. The van der Waals surface area contributed by atoms with Crippen LogP contribution < -0.4 is 19.6 Å². The summed E-state index contributed by atoms with van der Waals surface area (Å²) in [5, 5.41) is 0.589. The molecule has 5 nitrogen and oxygen atoms in total. The van der Waals surface area contributed by atoms with Gasteiger partial charge in [-0.3, -0.25) is 4.79 Å². The molecule has 0 spiro atoms. The zero-order chi connectivity index (χ0) is 15.9. The molecule has 5 heteroatoms. The van der Waals surface area contributed by atoms with Crippen LogP contribution in [0.3, 0.4) is 0 Å². The number of nitrogens with zero attached hydrogens (tertiary/aromatic N) is 1. The Bertz CT molecular complexity index is 833. The zero-order valence-corrected chi connectivity index (χ0v) is 13.2. The van der Waals surface area contributed by atoms with E-state index < -0.39 is 0 Å². The van der Waals surface area contributed by atoms with E-state index in [1.165, 1.54) is 0 Å². The summed E-state index contributed by atoms with van der Waals surface area (Å²) in [5.74, 6) is 1.50. The van der Waals surface area contributed by atoms with Gasteiger partial charge in [0.1, 0.15) is 0 Å². The Hall–Kier alpha value is -2.43. The fourth-order valence-corrected chi connectivity index (χ4v) is 3.13. The molecule has 2 aromatic rings. The number of hydrogen-bond acceptors (Lipinski definition) is 4. The molecule has 0 atom stereocenters. The van der Waals surface area contributed by atoms with E-state index in [1.54, 1.807) is 27.4 Å². The zero-order valence-electron chi connectivity index (χ0n) is 13.2. The van der Waals surface area contributed by atoms with Gasteiger partial charge >= 0.3 is 0 Å². The molecule has 1 aliphatic rings. The van der Waals surface area contributed by atoms with Crippen LogP contribution in [0.1, 0.15) is 17.7 Å². The minimum absolute atomic E-state index is 0.0340. The molecule has 0 amide bonds. The quantitative estimate of drug-likeness (QED) is 0.874. The number of ether oxygens (including phenoxy) is 3. The van der Waals surface area contributed by atoms with Gasteiger partial charge in [0.25, 0.3) is 0 Å². The lowest BCUT2D eigenvalue weighted by Gasteiger charge is -2.21. The van der Waals surface area contributed by atoms with Gasteiger partial charge in [-0.2, -0.15) is 0 Å². The third-order valence-corrected chi connectivity index (χ3v) is 4.17. The molecule has 3 rings (SSSR count). The first kappa shape index (κ1) is 14.5. The van der Waals surface area contributed by atoms with Crippen molar-refractivity contribution in [1.29, 1.82) is 0 Å². The van der Waals surface area contributed by atoms with Gasteiger partial charge in [0.15, 0.2) is 16.9 Å². The first-order chi connectivity index (χ1) is 10.6. The van der Waals surface area contributed by atoms with E-state index in [4.69, 9.17) is 14.2 Å². The monoisotopic (exact) mass is 301 g/mol. The molecule has 0 bridgehead atoms. The number of allylic oxidation sites excluding steroid dienone is 1. The van der Waals surface area contributed by atoms with Crippen molar-refractivity contribution in [3.05, 3.63) is 33.6 Å². The van der Waals surface area contributed by atoms with Crippen LogP contribution in [-0.4, -0.2) is 25.9 Å². The highest BCUT2D eigenvalue weighted by Gasteiger charge is 2.23. The maximum absolute atomic E-state index is 12.9. The van der Waals surface area contributed by atoms with Crippen LogP contribution in [0.25, 0.3) is 17.0 Å². The molecule has 0 saturated heterocycles. The van der Waals surface area contributed by atoms with Gasteiger partial charge < -0.3 is 18.8 Å². The molecule has 0 aliphatic heterocycles. The summed E-state index contributed by atoms with van der Waals surface area (Å²) in [7, 11) is 6.61. The molecule has 0 radical (unpaired) electrons. The summed E-state index contributed by atoms with van der Waals surface area (Å²) in [6, 6.07) is 1.73. The Kier molecular flexibility index (Phi) is 3.56. The molecule has 0 fully saturated rings. The van der Waals surface area contributed by atoms with Crippen molar-refractivity contribution in [2.24, 2.45) is 7.05 Å². The molecule has 1 aromatic heterocycles. The van der Waals surface area contributed by atoms with Gasteiger partial charge in [-0.25, -0.2) is 0 Å². The number of fused-ring (bicyclic) bond motifs is 2. The second-order valence-corrected chi connectivity index (χ2v) is 5.23. The average Bonchev–Trinajstić information content (AvgIpc) is 2.57. The Morgan fingerprint density at radius 3 is 2.45 bits per heavy atom. The second-order valence-electron chi connectivity index (χ2n) is 5.23. The number of hydrogen-bond donors (Lipinski definition) is 0. The van der Waals surface area contributed by atoms with E-state index in [-0.39, 0.29) is 5.43 Å². The highest BCUT2D eigenvalue weighted by molar-refractivity contribution is 5.92. The van der Waals surface area contributed by atoms with Crippen LogP contribution in [0.15, 0.2) is 16.9 Å². The summed E-state index contributed by atoms with van der Waals surface area (Å²) >= 11 is 0. The van der Waals surface area contributed by atoms with Crippen LogP contribution in [0.4, 0.5) is 0 Å². The lowest BCUT2D eigenvalue weighted by Crippen LogP contribution is -2.19. The Balaban J connectivity index is 2.54. The number of benzene rings is 1. The molecule has 0 unspecified atom stereocenters. The lowest BCUT2D eigenvalue weighted by molar-refractivity contribution is 0.326. The van der Waals surface area contributed by atoms with Crippen molar-refractivity contribution in [1.82, 2.24) is 4.57 Å². The number of methoxy groups -OCH3 is 3. The van der Waals surface area contributed by atoms with Gasteiger partial charge in [-0.05, 0) is 25.0 Å². The second kappa shape index (κ2) is 5.40. The molecule has 1 aliphatic carbocycles. The summed E-state index contributed by atoms with van der Waals surface area (Å²) in [5.41, 5.74) is 2.52. The highest BCUT2D eigenvalue weighted by Crippen LogP contribution is 2.43. The van der Waals surface area contributed by atoms with Crippen molar-refractivity contribution in [2.45, 2.75) is 12.8 Å². The molecular formula is C17H19NO4. The lowest BCUT2D eigenvalue weighted by atomic mass is 9.98. The van der Waals surface area contributed by atoms with Crippen LogP contribution in [0.5, 0.6) is 17.2 Å². The predicted molar refractivity (Wildman–Crippen MR) is 86.2 cm³/mol. The molecule has 1 aromatic carbocycles. The maximum Gasteiger partial charge on any atom is 0.205 e. The summed E-state index contributed by atoms with van der Waals surface area (Å²) in [4.78, 5) is 12.9. The fraction of sp³-hybridized carbons (Fsp3) is 0.353. The first-order valence-corrected chi connectivity index (χ1v) is 7.15. The van der Waals surface area contributed by atoms with Crippen LogP contribution in [0, 0.1) is 0 Å². The van der Waals surface area contributed by atoms with Crippen molar-refractivity contribution >= 4 is 17.0 Å². The normalized spacial score (nSPS) is 13.1. The third-order valence-electron chi connectivity index (χ3n) is 4.17. The maximum atomic E-state index is 12.9. The molecule has 0 saturated carbocycles. The van der Waals surface area contributed by atoms with Crippen molar-refractivity contribution in [3.63, 3.8) is 0 Å². The number of aryl methyl sites for hydroxylation is 1. The average molecular weight is 301 g/mol. The smallest absolute Gasteiger partial charge is 0.205 e. The van der Waals surface area contributed by atoms with Gasteiger partial charge in [-0.15, -0.1) is 0 Å². The van der Waals surface area contributed by atoms with E-state index in [0.29, 0.717) is 22.6 Å². The van der Waals surface area contributed by atoms with Crippen LogP contribution >= 0.6 is 0 Å². The van der Waals surface area contributed by atoms with Crippen LogP contribution in [-0.2, 0) is 13.5 Å². The minimum Gasteiger partial charge on any atom is -0.493 e. The summed E-state index contributed by atoms with van der Waals surface area (Å²) < 4.78 is 18.3. The van der Waals surface area contributed by atoms with Crippen molar-refractivity contribution in [2.75, 3.05) is 21.3 Å². The first-order valence-electron chi connectivity index (χ1n) is 7.15. The molecule has 0 N–H and O–H groups in total. The molecule has 1 heterocycles. The Labute approximate surface area is 128 Å². The van der Waals surface area contributed by atoms with E-state index >= 15 is 0 Å². The largest absolute Gasteiger partial charge is 0.493 e. The number of aromatic nitrogens is 1.